The van der Waals surface area contributed by atoms with E-state index in [0.717, 1.165) is 45.6 Å². The van der Waals surface area contributed by atoms with Crippen LogP contribution in [0.2, 0.25) is 0 Å². The summed E-state index contributed by atoms with van der Waals surface area (Å²) in [5.41, 5.74) is 4.15. The number of rotatable bonds is 6. The lowest BCUT2D eigenvalue weighted by molar-refractivity contribution is 0.184. The van der Waals surface area contributed by atoms with Crippen molar-refractivity contribution >= 4 is 11.7 Å². The number of benzene rings is 2. The predicted molar refractivity (Wildman–Crippen MR) is 118 cm³/mol. The third kappa shape index (κ3) is 5.10. The fourth-order valence-corrected chi connectivity index (χ4v) is 4.44. The van der Waals surface area contributed by atoms with Gasteiger partial charge in [0, 0.05) is 51.0 Å². The Morgan fingerprint density at radius 3 is 2.62 bits per heavy atom. The Balaban J connectivity index is 1.16. The highest BCUT2D eigenvalue weighted by molar-refractivity contribution is 5.73. The van der Waals surface area contributed by atoms with E-state index in [4.69, 9.17) is 0 Å². The molecule has 2 aromatic rings. The van der Waals surface area contributed by atoms with Gasteiger partial charge in [0.05, 0.1) is 0 Å². The molecule has 0 bridgehead atoms. The minimum absolute atomic E-state index is 0.0487. The second-order valence-electron chi connectivity index (χ2n) is 8.37. The zero-order chi connectivity index (χ0) is 20.1. The summed E-state index contributed by atoms with van der Waals surface area (Å²) in [5, 5.41) is 6.14. The third-order valence-corrected chi connectivity index (χ3v) is 6.30. The predicted octanol–water partition coefficient (Wildman–Crippen LogP) is 3.26. The molecule has 154 valence electrons. The maximum absolute atomic E-state index is 12.3. The number of nitrogens with zero attached hydrogens (tertiary/aromatic N) is 2. The zero-order valence-electron chi connectivity index (χ0n) is 17.3. The van der Waals surface area contributed by atoms with Gasteiger partial charge in [-0.3, -0.25) is 4.90 Å². The van der Waals surface area contributed by atoms with Crippen molar-refractivity contribution in [3.63, 3.8) is 0 Å². The summed E-state index contributed by atoms with van der Waals surface area (Å²) in [4.78, 5) is 17.1. The van der Waals surface area contributed by atoms with Gasteiger partial charge in [0.1, 0.15) is 0 Å². The third-order valence-electron chi connectivity index (χ3n) is 6.30. The Morgan fingerprint density at radius 2 is 1.79 bits per heavy atom. The monoisotopic (exact) mass is 392 g/mol. The number of carbonyl (C=O) groups is 1. The second-order valence-corrected chi connectivity index (χ2v) is 8.37. The second kappa shape index (κ2) is 9.31. The molecule has 0 spiro atoms. The van der Waals surface area contributed by atoms with Gasteiger partial charge in [-0.2, -0.15) is 0 Å². The number of hydrogen-bond acceptors (Lipinski definition) is 3. The van der Waals surface area contributed by atoms with Gasteiger partial charge in [0.25, 0.3) is 0 Å². The van der Waals surface area contributed by atoms with E-state index >= 15 is 0 Å². The molecule has 2 amide bonds. The topological polar surface area (TPSA) is 47.6 Å². The van der Waals surface area contributed by atoms with Gasteiger partial charge in [0.15, 0.2) is 0 Å². The molecule has 2 atom stereocenters. The van der Waals surface area contributed by atoms with Crippen molar-refractivity contribution in [3.8, 4) is 0 Å². The normalized spacial score (nSPS) is 20.2. The number of anilines is 1. The molecule has 0 aliphatic carbocycles. The fraction of sp³-hybridized carbons (Fsp3) is 0.458. The highest BCUT2D eigenvalue weighted by atomic mass is 16.2. The average Bonchev–Trinajstić information content (AvgIpc) is 3.25. The molecule has 29 heavy (non-hydrogen) atoms. The highest BCUT2D eigenvalue weighted by Gasteiger charge is 2.24. The maximum Gasteiger partial charge on any atom is 0.314 e. The molecular formula is C24H32N4O. The van der Waals surface area contributed by atoms with Crippen LogP contribution in [0.15, 0.2) is 54.6 Å². The van der Waals surface area contributed by atoms with Gasteiger partial charge in [-0.15, -0.1) is 0 Å². The van der Waals surface area contributed by atoms with Gasteiger partial charge in [-0.1, -0.05) is 42.5 Å². The molecule has 0 saturated carbocycles. The number of fused-ring (bicyclic) bond motifs is 1. The van der Waals surface area contributed by atoms with Crippen LogP contribution >= 0.6 is 0 Å². The van der Waals surface area contributed by atoms with E-state index in [9.17, 15) is 4.79 Å². The molecule has 5 nitrogen and oxygen atoms in total. The lowest BCUT2D eigenvalue weighted by atomic mass is 9.99. The Hall–Kier alpha value is -2.53. The van der Waals surface area contributed by atoms with Crippen molar-refractivity contribution in [2.45, 2.75) is 32.4 Å². The van der Waals surface area contributed by atoms with Crippen molar-refractivity contribution in [1.29, 1.82) is 0 Å². The fourth-order valence-electron chi connectivity index (χ4n) is 4.44. The van der Waals surface area contributed by atoms with E-state index < -0.39 is 0 Å². The first-order valence-corrected chi connectivity index (χ1v) is 10.8. The molecule has 2 aliphatic rings. The van der Waals surface area contributed by atoms with Crippen molar-refractivity contribution in [3.05, 3.63) is 65.7 Å². The van der Waals surface area contributed by atoms with Crippen LogP contribution < -0.4 is 15.5 Å². The minimum atomic E-state index is -0.0487. The van der Waals surface area contributed by atoms with Crippen LogP contribution in [-0.4, -0.2) is 49.7 Å². The van der Waals surface area contributed by atoms with E-state index in [1.165, 1.54) is 16.8 Å². The SMILES string of the molecule is C[C@H](CNC(=O)NC[C@@H]1CCN(c2ccccc2)C1)N1CCc2ccccc2C1. The molecule has 2 aliphatic heterocycles. The van der Waals surface area contributed by atoms with Crippen molar-refractivity contribution < 1.29 is 4.79 Å². The van der Waals surface area contributed by atoms with Crippen LogP contribution in [0.5, 0.6) is 0 Å². The molecule has 1 saturated heterocycles. The van der Waals surface area contributed by atoms with E-state index in [1.807, 2.05) is 6.07 Å². The van der Waals surface area contributed by atoms with Crippen LogP contribution in [0.4, 0.5) is 10.5 Å². The van der Waals surface area contributed by atoms with Crippen LogP contribution in [0.3, 0.4) is 0 Å². The first-order chi connectivity index (χ1) is 14.2. The van der Waals surface area contributed by atoms with Gasteiger partial charge >= 0.3 is 6.03 Å². The van der Waals surface area contributed by atoms with Crippen molar-refractivity contribution in [1.82, 2.24) is 15.5 Å². The molecule has 0 unspecified atom stereocenters. The summed E-state index contributed by atoms with van der Waals surface area (Å²) in [6.07, 6.45) is 2.21. The van der Waals surface area contributed by atoms with Crippen LogP contribution in [0.25, 0.3) is 0 Å². The molecule has 4 rings (SSSR count). The molecule has 2 heterocycles. The number of carbonyl (C=O) groups excluding carboxylic acids is 1. The number of urea groups is 1. The number of hydrogen-bond donors (Lipinski definition) is 2. The largest absolute Gasteiger partial charge is 0.371 e. The summed E-state index contributed by atoms with van der Waals surface area (Å²) >= 11 is 0. The van der Waals surface area contributed by atoms with Crippen molar-refractivity contribution in [2.24, 2.45) is 5.92 Å². The van der Waals surface area contributed by atoms with E-state index in [1.54, 1.807) is 0 Å². The van der Waals surface area contributed by atoms with E-state index in [0.29, 0.717) is 18.5 Å². The highest BCUT2D eigenvalue weighted by Crippen LogP contribution is 2.23. The van der Waals surface area contributed by atoms with Crippen LogP contribution in [-0.2, 0) is 13.0 Å². The first kappa shape index (κ1) is 19.8. The van der Waals surface area contributed by atoms with E-state index in [2.05, 4.69) is 75.9 Å². The molecule has 5 heteroatoms. The Morgan fingerprint density at radius 1 is 1.03 bits per heavy atom. The minimum Gasteiger partial charge on any atom is -0.371 e. The van der Waals surface area contributed by atoms with E-state index in [-0.39, 0.29) is 6.03 Å². The van der Waals surface area contributed by atoms with Gasteiger partial charge in [-0.05, 0) is 48.9 Å². The zero-order valence-corrected chi connectivity index (χ0v) is 17.3. The maximum atomic E-state index is 12.3. The lowest BCUT2D eigenvalue weighted by Crippen LogP contribution is -2.47. The Bertz CT molecular complexity index is 810. The standard InChI is InChI=1S/C24H32N4O/c1-19(27-14-12-21-7-5-6-8-22(21)18-27)15-25-24(29)26-16-20-11-13-28(17-20)23-9-3-2-4-10-23/h2-10,19-20H,11-18H2,1H3,(H2,25,26,29)/t19-,20+/m1/s1. The molecule has 1 fully saturated rings. The molecule has 0 aromatic heterocycles. The van der Waals surface area contributed by atoms with Gasteiger partial charge in [-0.25, -0.2) is 4.79 Å². The summed E-state index contributed by atoms with van der Waals surface area (Å²) in [5.74, 6) is 0.511. The van der Waals surface area contributed by atoms with Crippen molar-refractivity contribution in [2.75, 3.05) is 37.6 Å². The Kier molecular flexibility index (Phi) is 6.35. The number of amides is 2. The average molecular weight is 393 g/mol. The molecule has 2 aromatic carbocycles. The van der Waals surface area contributed by atoms with Gasteiger partial charge in [0.2, 0.25) is 0 Å². The van der Waals surface area contributed by atoms with Crippen LogP contribution in [0.1, 0.15) is 24.5 Å². The number of nitrogens with one attached hydrogen (secondary N) is 2. The summed E-state index contributed by atoms with van der Waals surface area (Å²) in [6, 6.07) is 19.5. The summed E-state index contributed by atoms with van der Waals surface area (Å²) < 4.78 is 0. The quantitative estimate of drug-likeness (QED) is 0.793. The smallest absolute Gasteiger partial charge is 0.314 e. The lowest BCUT2D eigenvalue weighted by Gasteiger charge is -2.33. The molecular weight excluding hydrogens is 360 g/mol. The van der Waals surface area contributed by atoms with Gasteiger partial charge < -0.3 is 15.5 Å². The Labute approximate surface area is 174 Å². The number of para-hydroxylation sites is 1. The van der Waals surface area contributed by atoms with Crippen LogP contribution in [0, 0.1) is 5.92 Å². The molecule has 0 radical (unpaired) electrons. The summed E-state index contributed by atoms with van der Waals surface area (Å²) in [6.45, 7) is 7.70. The molecule has 2 N–H and O–H groups in total. The summed E-state index contributed by atoms with van der Waals surface area (Å²) in [7, 11) is 0. The first-order valence-electron chi connectivity index (χ1n) is 10.8.